The van der Waals surface area contributed by atoms with Gasteiger partial charge in [0.1, 0.15) is 0 Å². The average molecular weight is 245 g/mol. The summed E-state index contributed by atoms with van der Waals surface area (Å²) in [4.78, 5) is 0. The SMILES string of the molecule is CCS(=O)CCNC(C)CCC1CCCC1. The van der Waals surface area contributed by atoms with Crippen molar-refractivity contribution in [3.63, 3.8) is 0 Å². The zero-order chi connectivity index (χ0) is 11.8. The van der Waals surface area contributed by atoms with Gasteiger partial charge >= 0.3 is 0 Å². The molecule has 2 atom stereocenters. The van der Waals surface area contributed by atoms with Crippen molar-refractivity contribution >= 4 is 10.8 Å². The molecule has 1 rings (SSSR count). The molecule has 0 aromatic heterocycles. The molecule has 3 heteroatoms. The average Bonchev–Trinajstić information content (AvgIpc) is 2.79. The second-order valence-electron chi connectivity index (χ2n) is 5.02. The predicted octanol–water partition coefficient (Wildman–Crippen LogP) is 2.70. The second kappa shape index (κ2) is 8.24. The lowest BCUT2D eigenvalue weighted by molar-refractivity contribution is 0.425. The largest absolute Gasteiger partial charge is 0.313 e. The minimum absolute atomic E-state index is 0.592. The Hall–Kier alpha value is 0.110. The lowest BCUT2D eigenvalue weighted by Gasteiger charge is -2.16. The van der Waals surface area contributed by atoms with Crippen LogP contribution in [0.5, 0.6) is 0 Å². The third kappa shape index (κ3) is 6.00. The molecule has 1 N–H and O–H groups in total. The van der Waals surface area contributed by atoms with E-state index < -0.39 is 10.8 Å². The Morgan fingerprint density at radius 2 is 2.06 bits per heavy atom. The van der Waals surface area contributed by atoms with Gasteiger partial charge in [0.05, 0.1) is 0 Å². The minimum atomic E-state index is -0.612. The van der Waals surface area contributed by atoms with E-state index in [2.05, 4.69) is 12.2 Å². The van der Waals surface area contributed by atoms with Gasteiger partial charge in [-0.3, -0.25) is 4.21 Å². The van der Waals surface area contributed by atoms with Gasteiger partial charge in [-0.25, -0.2) is 0 Å². The van der Waals surface area contributed by atoms with Crippen LogP contribution in [-0.4, -0.2) is 28.3 Å². The van der Waals surface area contributed by atoms with E-state index in [1.165, 1.54) is 38.5 Å². The number of nitrogens with one attached hydrogen (secondary N) is 1. The molecule has 0 saturated heterocycles. The van der Waals surface area contributed by atoms with E-state index in [0.29, 0.717) is 6.04 Å². The highest BCUT2D eigenvalue weighted by molar-refractivity contribution is 7.84. The molecule has 0 amide bonds. The first-order valence-corrected chi connectivity index (χ1v) is 8.29. The predicted molar refractivity (Wildman–Crippen MR) is 72.2 cm³/mol. The Kier molecular flexibility index (Phi) is 7.30. The maximum Gasteiger partial charge on any atom is 0.0360 e. The lowest BCUT2D eigenvalue weighted by Crippen LogP contribution is -2.30. The van der Waals surface area contributed by atoms with Crippen molar-refractivity contribution in [2.45, 2.75) is 58.4 Å². The van der Waals surface area contributed by atoms with Crippen LogP contribution in [0.1, 0.15) is 52.4 Å². The molecule has 0 aromatic carbocycles. The smallest absolute Gasteiger partial charge is 0.0360 e. The lowest BCUT2D eigenvalue weighted by atomic mass is 9.99. The molecular weight excluding hydrogens is 218 g/mol. The second-order valence-corrected chi connectivity index (χ2v) is 6.88. The number of hydrogen-bond acceptors (Lipinski definition) is 2. The highest BCUT2D eigenvalue weighted by Gasteiger charge is 2.15. The Morgan fingerprint density at radius 1 is 1.38 bits per heavy atom. The zero-order valence-electron chi connectivity index (χ0n) is 10.8. The van der Waals surface area contributed by atoms with Crippen LogP contribution in [-0.2, 0) is 10.8 Å². The van der Waals surface area contributed by atoms with E-state index in [-0.39, 0.29) is 0 Å². The monoisotopic (exact) mass is 245 g/mol. The summed E-state index contributed by atoms with van der Waals surface area (Å²) in [5.41, 5.74) is 0. The molecule has 0 aromatic rings. The molecule has 0 heterocycles. The number of rotatable bonds is 8. The molecule has 2 unspecified atom stereocenters. The van der Waals surface area contributed by atoms with Crippen LogP contribution in [0.3, 0.4) is 0 Å². The van der Waals surface area contributed by atoms with Gasteiger partial charge in [-0.2, -0.15) is 0 Å². The van der Waals surface area contributed by atoms with Crippen molar-refractivity contribution in [1.29, 1.82) is 0 Å². The maximum absolute atomic E-state index is 11.2. The zero-order valence-corrected chi connectivity index (χ0v) is 11.7. The van der Waals surface area contributed by atoms with Gasteiger partial charge in [-0.15, -0.1) is 0 Å². The van der Waals surface area contributed by atoms with Crippen molar-refractivity contribution in [2.75, 3.05) is 18.1 Å². The van der Waals surface area contributed by atoms with Crippen molar-refractivity contribution in [2.24, 2.45) is 5.92 Å². The van der Waals surface area contributed by atoms with E-state index in [0.717, 1.165) is 24.0 Å². The van der Waals surface area contributed by atoms with Crippen LogP contribution in [0.15, 0.2) is 0 Å². The molecule has 1 saturated carbocycles. The third-order valence-electron chi connectivity index (χ3n) is 3.63. The highest BCUT2D eigenvalue weighted by atomic mass is 32.2. The molecule has 0 spiro atoms. The fourth-order valence-corrected chi connectivity index (χ4v) is 3.08. The molecule has 1 fully saturated rings. The summed E-state index contributed by atoms with van der Waals surface area (Å²) in [5.74, 6) is 2.59. The molecule has 1 aliphatic carbocycles. The van der Waals surface area contributed by atoms with Crippen LogP contribution in [0.2, 0.25) is 0 Å². The minimum Gasteiger partial charge on any atom is -0.313 e. The number of hydrogen-bond donors (Lipinski definition) is 1. The Labute approximate surface area is 103 Å². The van der Waals surface area contributed by atoms with Gasteiger partial charge in [-0.05, 0) is 25.7 Å². The van der Waals surface area contributed by atoms with Gasteiger partial charge in [0.15, 0.2) is 0 Å². The first-order valence-electron chi connectivity index (χ1n) is 6.80. The van der Waals surface area contributed by atoms with Crippen LogP contribution in [0.4, 0.5) is 0 Å². The first kappa shape index (κ1) is 14.2. The van der Waals surface area contributed by atoms with Gasteiger partial charge < -0.3 is 5.32 Å². The fourth-order valence-electron chi connectivity index (χ4n) is 2.45. The van der Waals surface area contributed by atoms with E-state index in [1.807, 2.05) is 6.92 Å². The Balaban J connectivity index is 1.97. The summed E-state index contributed by atoms with van der Waals surface area (Å²) in [6.07, 6.45) is 8.46. The van der Waals surface area contributed by atoms with Crippen molar-refractivity contribution in [3.05, 3.63) is 0 Å². The van der Waals surface area contributed by atoms with E-state index in [4.69, 9.17) is 0 Å². The molecule has 96 valence electrons. The van der Waals surface area contributed by atoms with Gasteiger partial charge in [0, 0.05) is 34.9 Å². The molecule has 0 bridgehead atoms. The molecular formula is C13H27NOS. The summed E-state index contributed by atoms with van der Waals surface area (Å²) >= 11 is 0. The summed E-state index contributed by atoms with van der Waals surface area (Å²) in [6.45, 7) is 5.15. The van der Waals surface area contributed by atoms with Crippen LogP contribution >= 0.6 is 0 Å². The normalized spacial score (nSPS) is 21.1. The fraction of sp³-hybridized carbons (Fsp3) is 1.00. The van der Waals surface area contributed by atoms with Crippen molar-refractivity contribution in [1.82, 2.24) is 5.32 Å². The van der Waals surface area contributed by atoms with Crippen molar-refractivity contribution < 1.29 is 4.21 Å². The summed E-state index contributed by atoms with van der Waals surface area (Å²) in [7, 11) is -0.612. The Bertz CT molecular complexity index is 202. The quantitative estimate of drug-likeness (QED) is 0.712. The van der Waals surface area contributed by atoms with Gasteiger partial charge in [0.2, 0.25) is 0 Å². The topological polar surface area (TPSA) is 29.1 Å². The van der Waals surface area contributed by atoms with Gasteiger partial charge in [-0.1, -0.05) is 32.6 Å². The molecule has 2 nitrogen and oxygen atoms in total. The Morgan fingerprint density at radius 3 is 2.69 bits per heavy atom. The molecule has 16 heavy (non-hydrogen) atoms. The first-order chi connectivity index (χ1) is 7.72. The van der Waals surface area contributed by atoms with E-state index in [9.17, 15) is 4.21 Å². The maximum atomic E-state index is 11.2. The van der Waals surface area contributed by atoms with E-state index >= 15 is 0 Å². The van der Waals surface area contributed by atoms with Crippen LogP contribution in [0, 0.1) is 5.92 Å². The summed E-state index contributed by atoms with van der Waals surface area (Å²) in [5, 5.41) is 3.48. The van der Waals surface area contributed by atoms with E-state index in [1.54, 1.807) is 0 Å². The van der Waals surface area contributed by atoms with Crippen molar-refractivity contribution in [3.8, 4) is 0 Å². The summed E-state index contributed by atoms with van der Waals surface area (Å²) < 4.78 is 11.2. The van der Waals surface area contributed by atoms with Crippen LogP contribution in [0.25, 0.3) is 0 Å². The third-order valence-corrected chi connectivity index (χ3v) is 4.93. The van der Waals surface area contributed by atoms with Crippen LogP contribution < -0.4 is 5.32 Å². The summed E-state index contributed by atoms with van der Waals surface area (Å²) in [6, 6.07) is 0.592. The molecule has 1 aliphatic rings. The van der Waals surface area contributed by atoms with Gasteiger partial charge in [0.25, 0.3) is 0 Å². The standard InChI is InChI=1S/C13H27NOS/c1-3-16(15)11-10-14-12(2)8-9-13-6-4-5-7-13/h12-14H,3-11H2,1-2H3. The highest BCUT2D eigenvalue weighted by Crippen LogP contribution is 2.28. The molecule has 0 aliphatic heterocycles. The molecule has 0 radical (unpaired) electrons.